The van der Waals surface area contributed by atoms with Gasteiger partial charge >= 0.3 is 6.01 Å². The van der Waals surface area contributed by atoms with E-state index in [1.807, 2.05) is 13.0 Å². The quantitative estimate of drug-likeness (QED) is 0.408. The second kappa shape index (κ2) is 9.32. The lowest BCUT2D eigenvalue weighted by Gasteiger charge is -2.10. The predicted octanol–water partition coefficient (Wildman–Crippen LogP) is 4.24. The van der Waals surface area contributed by atoms with Crippen LogP contribution in [0.3, 0.4) is 0 Å². The Hall–Kier alpha value is -3.24. The molecule has 5 rings (SSSR count). The first-order chi connectivity index (χ1) is 16.1. The van der Waals surface area contributed by atoms with Crippen LogP contribution in [0, 0.1) is 6.92 Å². The maximum absolute atomic E-state index is 12.5. The van der Waals surface area contributed by atoms with Crippen molar-refractivity contribution in [2.24, 2.45) is 0 Å². The van der Waals surface area contributed by atoms with Gasteiger partial charge in [-0.05, 0) is 61.6 Å². The third-order valence-corrected chi connectivity index (χ3v) is 7.45. The summed E-state index contributed by atoms with van der Waals surface area (Å²) in [7, 11) is 0. The van der Waals surface area contributed by atoms with Gasteiger partial charge in [0.25, 0.3) is 5.56 Å². The van der Waals surface area contributed by atoms with Gasteiger partial charge in [0, 0.05) is 23.0 Å². The van der Waals surface area contributed by atoms with Crippen LogP contribution in [0.4, 0.5) is 5.69 Å². The van der Waals surface area contributed by atoms with Crippen molar-refractivity contribution in [1.82, 2.24) is 19.9 Å². The Kier molecular flexibility index (Phi) is 6.10. The molecule has 0 fully saturated rings. The van der Waals surface area contributed by atoms with Crippen molar-refractivity contribution >= 4 is 44.9 Å². The monoisotopic (exact) mass is 479 g/mol. The molecule has 1 aromatic carbocycles. The van der Waals surface area contributed by atoms with Crippen molar-refractivity contribution in [3.05, 3.63) is 68.8 Å². The number of aryl methyl sites for hydroxylation is 3. The SMILES string of the molecule is Cc1cc(Oc2ncccn2)ccc1NC(=O)CSCc1nc2sc3c(c2c(=O)[nH]1)CCC3. The first kappa shape index (κ1) is 21.6. The van der Waals surface area contributed by atoms with E-state index < -0.39 is 0 Å². The molecule has 0 saturated heterocycles. The van der Waals surface area contributed by atoms with Gasteiger partial charge in [-0.2, -0.15) is 0 Å². The number of ether oxygens (including phenoxy) is 1. The Labute approximate surface area is 197 Å². The Morgan fingerprint density at radius 1 is 1.27 bits per heavy atom. The number of carbonyl (C=O) groups excluding carboxylic acids is 1. The van der Waals surface area contributed by atoms with E-state index in [1.165, 1.54) is 22.2 Å². The number of aromatic amines is 1. The van der Waals surface area contributed by atoms with Crippen molar-refractivity contribution in [2.45, 2.75) is 31.9 Å². The normalized spacial score (nSPS) is 12.6. The van der Waals surface area contributed by atoms with Crippen LogP contribution in [0.25, 0.3) is 10.2 Å². The number of hydrogen-bond acceptors (Lipinski definition) is 8. The summed E-state index contributed by atoms with van der Waals surface area (Å²) in [5.74, 6) is 1.78. The number of nitrogens with one attached hydrogen (secondary N) is 2. The van der Waals surface area contributed by atoms with Crippen molar-refractivity contribution in [3.63, 3.8) is 0 Å². The highest BCUT2D eigenvalue weighted by molar-refractivity contribution is 7.99. The molecule has 1 aliphatic carbocycles. The van der Waals surface area contributed by atoms with Crippen molar-refractivity contribution in [1.29, 1.82) is 0 Å². The molecule has 3 heterocycles. The number of fused-ring (bicyclic) bond motifs is 3. The summed E-state index contributed by atoms with van der Waals surface area (Å²) in [6, 6.07) is 7.35. The zero-order valence-electron chi connectivity index (χ0n) is 17.9. The van der Waals surface area contributed by atoms with E-state index >= 15 is 0 Å². The summed E-state index contributed by atoms with van der Waals surface area (Å²) in [5, 5.41) is 3.67. The number of nitrogens with zero attached hydrogens (tertiary/aromatic N) is 3. The van der Waals surface area contributed by atoms with Gasteiger partial charge in [-0.3, -0.25) is 9.59 Å². The summed E-state index contributed by atoms with van der Waals surface area (Å²) < 4.78 is 5.62. The minimum atomic E-state index is -0.123. The number of amides is 1. The lowest BCUT2D eigenvalue weighted by atomic mass is 10.2. The largest absolute Gasteiger partial charge is 0.424 e. The number of hydrogen-bond donors (Lipinski definition) is 2. The van der Waals surface area contributed by atoms with Crippen LogP contribution in [-0.4, -0.2) is 31.6 Å². The van der Waals surface area contributed by atoms with Crippen LogP contribution < -0.4 is 15.6 Å². The molecule has 0 spiro atoms. The Morgan fingerprint density at radius 2 is 2.12 bits per heavy atom. The zero-order chi connectivity index (χ0) is 22.8. The molecule has 0 saturated carbocycles. The summed E-state index contributed by atoms with van der Waals surface area (Å²) in [4.78, 5) is 42.7. The number of benzene rings is 1. The minimum absolute atomic E-state index is 0.0710. The van der Waals surface area contributed by atoms with Gasteiger partial charge in [-0.15, -0.1) is 23.1 Å². The van der Waals surface area contributed by atoms with E-state index in [2.05, 4.69) is 25.3 Å². The number of anilines is 1. The van der Waals surface area contributed by atoms with Crippen LogP contribution in [0.2, 0.25) is 0 Å². The van der Waals surface area contributed by atoms with Crippen LogP contribution in [0.5, 0.6) is 11.8 Å². The van der Waals surface area contributed by atoms with E-state index in [1.54, 1.807) is 41.9 Å². The first-order valence-corrected chi connectivity index (χ1v) is 12.5. The first-order valence-electron chi connectivity index (χ1n) is 10.5. The van der Waals surface area contributed by atoms with Gasteiger partial charge in [0.2, 0.25) is 5.91 Å². The van der Waals surface area contributed by atoms with Gasteiger partial charge in [0.05, 0.1) is 16.9 Å². The lowest BCUT2D eigenvalue weighted by molar-refractivity contribution is -0.113. The zero-order valence-corrected chi connectivity index (χ0v) is 19.5. The van der Waals surface area contributed by atoms with E-state index in [-0.39, 0.29) is 23.2 Å². The number of thiophene rings is 1. The second-order valence-electron chi connectivity index (χ2n) is 7.70. The molecular weight excluding hydrogens is 458 g/mol. The average molecular weight is 480 g/mol. The molecule has 8 nitrogen and oxygen atoms in total. The molecule has 168 valence electrons. The summed E-state index contributed by atoms with van der Waals surface area (Å²) >= 11 is 3.03. The fourth-order valence-corrected chi connectivity index (χ4v) is 5.80. The molecule has 0 bridgehead atoms. The third kappa shape index (κ3) is 4.76. The standard InChI is InChI=1S/C23H21N5O3S2/c1-13-10-14(31-23-24-8-3-9-25-23)6-7-16(13)26-19(29)12-32-11-18-27-21(30)20-15-4-2-5-17(15)33-22(20)28-18/h3,6-10H,2,4-5,11-12H2,1H3,(H,26,29)(H,27,28,30). The molecule has 1 aliphatic rings. The fourth-order valence-electron chi connectivity index (χ4n) is 3.83. The Bertz CT molecular complexity index is 1380. The van der Waals surface area contributed by atoms with Gasteiger partial charge in [0.1, 0.15) is 16.4 Å². The topological polar surface area (TPSA) is 110 Å². The number of carbonyl (C=O) groups is 1. The van der Waals surface area contributed by atoms with Crippen molar-refractivity contribution < 1.29 is 9.53 Å². The van der Waals surface area contributed by atoms with Crippen LogP contribution in [0.1, 0.15) is 28.2 Å². The molecule has 33 heavy (non-hydrogen) atoms. The number of rotatable bonds is 7. The van der Waals surface area contributed by atoms with Crippen molar-refractivity contribution in [3.8, 4) is 11.8 Å². The van der Waals surface area contributed by atoms with E-state index in [0.29, 0.717) is 23.0 Å². The summed E-state index contributed by atoms with van der Waals surface area (Å²) in [5.41, 5.74) is 2.68. The minimum Gasteiger partial charge on any atom is -0.424 e. The number of aromatic nitrogens is 4. The molecule has 0 atom stereocenters. The second-order valence-corrected chi connectivity index (χ2v) is 9.77. The highest BCUT2D eigenvalue weighted by Gasteiger charge is 2.21. The molecule has 4 aromatic rings. The van der Waals surface area contributed by atoms with Crippen LogP contribution in [0.15, 0.2) is 41.5 Å². The lowest BCUT2D eigenvalue weighted by Crippen LogP contribution is -2.16. The highest BCUT2D eigenvalue weighted by atomic mass is 32.2. The van der Waals surface area contributed by atoms with E-state index in [4.69, 9.17) is 4.74 Å². The fraction of sp³-hybridized carbons (Fsp3) is 0.261. The van der Waals surface area contributed by atoms with Gasteiger partial charge in [0.15, 0.2) is 0 Å². The molecule has 1 amide bonds. The molecule has 0 aliphatic heterocycles. The van der Waals surface area contributed by atoms with Gasteiger partial charge in [-0.1, -0.05) is 0 Å². The maximum atomic E-state index is 12.5. The number of thioether (sulfide) groups is 1. The third-order valence-electron chi connectivity index (χ3n) is 5.32. The molecule has 0 radical (unpaired) electrons. The molecule has 10 heteroatoms. The molecule has 3 aromatic heterocycles. The summed E-state index contributed by atoms with van der Waals surface area (Å²) in [6.07, 6.45) is 6.32. The maximum Gasteiger partial charge on any atom is 0.321 e. The highest BCUT2D eigenvalue weighted by Crippen LogP contribution is 2.34. The van der Waals surface area contributed by atoms with Crippen LogP contribution >= 0.6 is 23.1 Å². The predicted molar refractivity (Wildman–Crippen MR) is 130 cm³/mol. The van der Waals surface area contributed by atoms with E-state index in [9.17, 15) is 9.59 Å². The van der Waals surface area contributed by atoms with E-state index in [0.717, 1.165) is 35.0 Å². The smallest absolute Gasteiger partial charge is 0.321 e. The van der Waals surface area contributed by atoms with Gasteiger partial charge in [-0.25, -0.2) is 15.0 Å². The molecule has 2 N–H and O–H groups in total. The Balaban J connectivity index is 1.17. The van der Waals surface area contributed by atoms with Crippen molar-refractivity contribution in [2.75, 3.05) is 11.1 Å². The van der Waals surface area contributed by atoms with Gasteiger partial charge < -0.3 is 15.0 Å². The Morgan fingerprint density at radius 3 is 2.94 bits per heavy atom. The molecule has 0 unspecified atom stereocenters. The summed E-state index contributed by atoms with van der Waals surface area (Å²) in [6.45, 7) is 1.89. The number of H-pyrrole nitrogens is 1. The average Bonchev–Trinajstić information content (AvgIpc) is 3.37. The van der Waals surface area contributed by atoms with Crippen LogP contribution in [-0.2, 0) is 23.4 Å². The molecular formula is C23H21N5O3S2.